The van der Waals surface area contributed by atoms with Gasteiger partial charge in [-0.05, 0) is 107 Å². The summed E-state index contributed by atoms with van der Waals surface area (Å²) in [5, 5.41) is 3.06. The van der Waals surface area contributed by atoms with E-state index in [1.807, 2.05) is 36.4 Å². The molecule has 0 unspecified atom stereocenters. The van der Waals surface area contributed by atoms with E-state index in [4.69, 9.17) is 0 Å². The molecule has 0 N–H and O–H groups in total. The maximum absolute atomic E-state index is 12.0. The predicted octanol–water partition coefficient (Wildman–Crippen LogP) is 14.7. The summed E-state index contributed by atoms with van der Waals surface area (Å²) in [7, 11) is -8.99. The monoisotopic (exact) mass is 902 g/mol. The quantitative estimate of drug-likeness (QED) is 0.0292. The summed E-state index contributed by atoms with van der Waals surface area (Å²) < 4.78 is 71.8. The van der Waals surface area contributed by atoms with Crippen molar-refractivity contribution in [1.82, 2.24) is 0 Å². The van der Waals surface area contributed by atoms with Crippen molar-refractivity contribution in [1.29, 1.82) is 0 Å². The van der Waals surface area contributed by atoms with Crippen LogP contribution < -0.4 is 0 Å². The summed E-state index contributed by atoms with van der Waals surface area (Å²) in [5.74, 6) is 0. The largest absolute Gasteiger partial charge is 2.00 e. The van der Waals surface area contributed by atoms with Gasteiger partial charge in [-0.1, -0.05) is 205 Å². The van der Waals surface area contributed by atoms with Gasteiger partial charge >= 0.3 is 37.7 Å². The Hall–Kier alpha value is -1.52. The molecule has 4 aromatic carbocycles. The van der Waals surface area contributed by atoms with E-state index in [1.54, 1.807) is 24.3 Å². The molecule has 61 heavy (non-hydrogen) atoms. The zero-order chi connectivity index (χ0) is 43.6. The Morgan fingerprint density at radius 1 is 0.361 bits per heavy atom. The third kappa shape index (κ3) is 20.0. The second-order valence-corrected chi connectivity index (χ2v) is 19.8. The molecule has 0 heterocycles. The number of hydrogen-bond donors (Lipinski definition) is 0. The maximum Gasteiger partial charge on any atom is 2.00 e. The van der Waals surface area contributed by atoms with Gasteiger partial charge in [0.15, 0.2) is 0 Å². The molecule has 9 heteroatoms. The average Bonchev–Trinajstić information content (AvgIpc) is 3.22. The molecule has 0 atom stereocenters. The van der Waals surface area contributed by atoms with Crippen LogP contribution in [0.4, 0.5) is 0 Å². The van der Waals surface area contributed by atoms with Crippen molar-refractivity contribution in [3.63, 3.8) is 0 Å². The molecule has 0 aliphatic rings. The van der Waals surface area contributed by atoms with Crippen LogP contribution in [0.25, 0.3) is 21.5 Å². The molecule has 0 spiro atoms. The topological polar surface area (TPSA) is 114 Å². The van der Waals surface area contributed by atoms with E-state index < -0.39 is 20.2 Å². The van der Waals surface area contributed by atoms with Crippen molar-refractivity contribution in [2.45, 2.75) is 217 Å². The van der Waals surface area contributed by atoms with E-state index in [1.165, 1.54) is 127 Å². The number of fused-ring (bicyclic) bond motifs is 2. The summed E-state index contributed by atoms with van der Waals surface area (Å²) in [6.45, 7) is 8.89. The zero-order valence-corrected chi connectivity index (χ0v) is 42.4. The summed E-state index contributed by atoms with van der Waals surface area (Å²) in [5.41, 5.74) is 4.63. The Balaban J connectivity index is 0.000000413. The van der Waals surface area contributed by atoms with Crippen LogP contribution in [0, 0.1) is 0 Å². The smallest absolute Gasteiger partial charge is 0.744 e. The Labute approximate surface area is 402 Å². The van der Waals surface area contributed by atoms with Gasteiger partial charge in [-0.25, -0.2) is 16.8 Å². The van der Waals surface area contributed by atoms with E-state index in [0.717, 1.165) is 86.1 Å². The second-order valence-electron chi connectivity index (χ2n) is 17.1. The predicted molar refractivity (Wildman–Crippen MR) is 258 cm³/mol. The molecule has 0 saturated carbocycles. The van der Waals surface area contributed by atoms with Crippen molar-refractivity contribution in [2.75, 3.05) is 0 Å². The van der Waals surface area contributed by atoms with Crippen LogP contribution in [0.3, 0.4) is 0 Å². The van der Waals surface area contributed by atoms with Crippen LogP contribution >= 0.6 is 0 Å². The van der Waals surface area contributed by atoms with E-state index in [0.29, 0.717) is 10.8 Å². The fourth-order valence-corrected chi connectivity index (χ4v) is 10.2. The molecule has 4 rings (SSSR count). The van der Waals surface area contributed by atoms with Gasteiger partial charge in [-0.2, -0.15) is 0 Å². The standard InChI is InChI=1S/2C26H40O3S.Ca/c2*1-3-5-7-9-11-13-17-22-21-26(30(27,28)29)25-20-16-15-19-24(25)23(22)18-14-12-10-8-6-4-2;/h2*15-16,19-21H,3-14,17-18H2,1-2H3,(H,27,28,29);/q;;+2/p-2. The van der Waals surface area contributed by atoms with Gasteiger partial charge in [0.25, 0.3) is 0 Å². The van der Waals surface area contributed by atoms with Crippen LogP contribution in [0.5, 0.6) is 0 Å². The molecule has 4 aromatic rings. The number of unbranched alkanes of at least 4 members (excludes halogenated alkanes) is 20. The van der Waals surface area contributed by atoms with Gasteiger partial charge in [-0.15, -0.1) is 0 Å². The minimum Gasteiger partial charge on any atom is -0.744 e. The Kier molecular flexibility index (Phi) is 28.6. The molecular weight excluding hydrogens is 825 g/mol. The molecule has 0 fully saturated rings. The molecule has 0 bridgehead atoms. The van der Waals surface area contributed by atoms with Crippen molar-refractivity contribution in [3.05, 3.63) is 82.9 Å². The average molecular weight is 903 g/mol. The van der Waals surface area contributed by atoms with Gasteiger partial charge in [0.1, 0.15) is 20.2 Å². The normalized spacial score (nSPS) is 11.8. The first-order valence-electron chi connectivity index (χ1n) is 24.0. The molecular formula is C52H78CaO6S2. The van der Waals surface area contributed by atoms with Crippen LogP contribution in [0.2, 0.25) is 0 Å². The third-order valence-corrected chi connectivity index (χ3v) is 13.9. The zero-order valence-electron chi connectivity index (χ0n) is 38.5. The summed E-state index contributed by atoms with van der Waals surface area (Å²) >= 11 is 0. The fourth-order valence-electron chi connectivity index (χ4n) is 8.72. The van der Waals surface area contributed by atoms with Crippen LogP contribution in [-0.4, -0.2) is 63.7 Å². The first kappa shape index (κ1) is 55.6. The molecule has 6 nitrogen and oxygen atoms in total. The summed E-state index contributed by atoms with van der Waals surface area (Å²) in [6, 6.07) is 18.4. The Bertz CT molecular complexity index is 1900. The molecule has 0 aliphatic heterocycles. The van der Waals surface area contributed by atoms with Crippen molar-refractivity contribution in [2.24, 2.45) is 0 Å². The van der Waals surface area contributed by atoms with E-state index in [9.17, 15) is 25.9 Å². The molecule has 0 aliphatic carbocycles. The number of hydrogen-bond acceptors (Lipinski definition) is 6. The number of benzene rings is 4. The minimum atomic E-state index is -4.50. The third-order valence-electron chi connectivity index (χ3n) is 12.1. The van der Waals surface area contributed by atoms with Gasteiger partial charge in [0.05, 0.1) is 9.79 Å². The van der Waals surface area contributed by atoms with Gasteiger partial charge in [0.2, 0.25) is 0 Å². The Morgan fingerprint density at radius 2 is 0.607 bits per heavy atom. The summed E-state index contributed by atoms with van der Waals surface area (Å²) in [6.07, 6.45) is 32.8. The van der Waals surface area contributed by atoms with Crippen LogP contribution in [0.15, 0.2) is 70.5 Å². The van der Waals surface area contributed by atoms with E-state index in [-0.39, 0.29) is 47.5 Å². The molecule has 336 valence electrons. The van der Waals surface area contributed by atoms with Crippen LogP contribution in [0.1, 0.15) is 204 Å². The Morgan fingerprint density at radius 3 is 0.885 bits per heavy atom. The fraction of sp³-hybridized carbons (Fsp3) is 0.615. The first-order chi connectivity index (χ1) is 29.0. The molecule has 0 amide bonds. The van der Waals surface area contributed by atoms with Gasteiger partial charge in [-0.3, -0.25) is 0 Å². The number of aryl methyl sites for hydroxylation is 4. The molecule has 0 aromatic heterocycles. The minimum absolute atomic E-state index is 0. The summed E-state index contributed by atoms with van der Waals surface area (Å²) in [4.78, 5) is -0.100. The van der Waals surface area contributed by atoms with Crippen LogP contribution in [-0.2, 0) is 45.9 Å². The second kappa shape index (κ2) is 31.4. The molecule has 0 radical (unpaired) electrons. The maximum atomic E-state index is 12.0. The van der Waals surface area contributed by atoms with Crippen molar-refractivity contribution >= 4 is 79.5 Å². The SMILES string of the molecule is CCCCCCCCc1cc(S(=O)(=O)[O-])c2ccccc2c1CCCCCCCC.CCCCCCCCc1cc(S(=O)(=O)[O-])c2ccccc2c1CCCCCCCC.[Ca+2]. The van der Waals surface area contributed by atoms with E-state index >= 15 is 0 Å². The van der Waals surface area contributed by atoms with E-state index in [2.05, 4.69) is 27.7 Å². The van der Waals surface area contributed by atoms with Gasteiger partial charge < -0.3 is 9.11 Å². The van der Waals surface area contributed by atoms with Crippen molar-refractivity contribution in [3.8, 4) is 0 Å². The molecule has 0 saturated heterocycles. The van der Waals surface area contributed by atoms with Crippen molar-refractivity contribution < 1.29 is 25.9 Å². The number of rotatable bonds is 30. The first-order valence-corrected chi connectivity index (χ1v) is 26.8. The van der Waals surface area contributed by atoms with Gasteiger partial charge in [0, 0.05) is 0 Å².